The van der Waals surface area contributed by atoms with Gasteiger partial charge in [0.2, 0.25) is 5.91 Å². The zero-order valence-electron chi connectivity index (χ0n) is 10.5. The summed E-state index contributed by atoms with van der Waals surface area (Å²) in [7, 11) is 1.57. The lowest BCUT2D eigenvalue weighted by Crippen LogP contribution is -2.20. The molecule has 0 bridgehead atoms. The highest BCUT2D eigenvalue weighted by atomic mass is 19.1. The molecule has 2 rings (SSSR count). The van der Waals surface area contributed by atoms with Crippen molar-refractivity contribution in [1.29, 1.82) is 0 Å². The quantitative estimate of drug-likeness (QED) is 0.820. The number of halogens is 2. The SMILES string of the molecule is COCCC1=NN(Cc2ccc(F)cc2F)C(=O)C1. The van der Waals surface area contributed by atoms with Crippen molar-refractivity contribution in [3.63, 3.8) is 0 Å². The molecule has 0 atom stereocenters. The van der Waals surface area contributed by atoms with Gasteiger partial charge in [-0.1, -0.05) is 6.07 Å². The zero-order chi connectivity index (χ0) is 13.8. The summed E-state index contributed by atoms with van der Waals surface area (Å²) >= 11 is 0. The van der Waals surface area contributed by atoms with Crippen LogP contribution in [0, 0.1) is 11.6 Å². The summed E-state index contributed by atoms with van der Waals surface area (Å²) in [4.78, 5) is 11.7. The molecule has 6 heteroatoms. The second kappa shape index (κ2) is 5.88. The van der Waals surface area contributed by atoms with Crippen LogP contribution in [-0.4, -0.2) is 30.3 Å². The molecule has 0 aromatic heterocycles. The molecule has 1 amide bonds. The van der Waals surface area contributed by atoms with Gasteiger partial charge in [0.15, 0.2) is 0 Å². The monoisotopic (exact) mass is 268 g/mol. The molecular formula is C13H14F2N2O2. The van der Waals surface area contributed by atoms with E-state index in [9.17, 15) is 13.6 Å². The van der Waals surface area contributed by atoms with E-state index in [1.165, 1.54) is 11.1 Å². The summed E-state index contributed by atoms with van der Waals surface area (Å²) in [5.41, 5.74) is 0.959. The van der Waals surface area contributed by atoms with Gasteiger partial charge in [-0.2, -0.15) is 5.10 Å². The average Bonchev–Trinajstić information content (AvgIpc) is 2.71. The first-order chi connectivity index (χ1) is 9.10. The molecule has 0 saturated carbocycles. The lowest BCUT2D eigenvalue weighted by Gasteiger charge is -2.12. The first-order valence-corrected chi connectivity index (χ1v) is 5.89. The predicted octanol–water partition coefficient (Wildman–Crippen LogP) is 2.09. The molecule has 0 fully saturated rings. The zero-order valence-corrected chi connectivity index (χ0v) is 10.5. The number of nitrogens with zero attached hydrogens (tertiary/aromatic N) is 2. The maximum Gasteiger partial charge on any atom is 0.248 e. The Hall–Kier alpha value is -1.82. The third-order valence-corrected chi connectivity index (χ3v) is 2.84. The highest BCUT2D eigenvalue weighted by Gasteiger charge is 2.24. The molecule has 1 heterocycles. The molecule has 4 nitrogen and oxygen atoms in total. The van der Waals surface area contributed by atoms with Gasteiger partial charge < -0.3 is 4.74 Å². The molecule has 0 unspecified atom stereocenters. The van der Waals surface area contributed by atoms with E-state index in [0.717, 1.165) is 17.8 Å². The van der Waals surface area contributed by atoms with E-state index < -0.39 is 11.6 Å². The van der Waals surface area contributed by atoms with Crippen molar-refractivity contribution >= 4 is 11.6 Å². The molecule has 1 aromatic carbocycles. The van der Waals surface area contributed by atoms with Crippen LogP contribution in [0.2, 0.25) is 0 Å². The molecule has 1 aromatic rings. The normalized spacial score (nSPS) is 15.0. The van der Waals surface area contributed by atoms with E-state index in [-0.39, 0.29) is 24.4 Å². The number of rotatable bonds is 5. The molecule has 0 radical (unpaired) electrons. The van der Waals surface area contributed by atoms with Gasteiger partial charge in [0.25, 0.3) is 0 Å². The number of carbonyl (C=O) groups excluding carboxylic acids is 1. The number of hydrogen-bond donors (Lipinski definition) is 0. The van der Waals surface area contributed by atoms with Crippen molar-refractivity contribution in [2.45, 2.75) is 19.4 Å². The Morgan fingerprint density at radius 1 is 1.42 bits per heavy atom. The summed E-state index contributed by atoms with van der Waals surface area (Å²) in [5, 5.41) is 5.34. The Balaban J connectivity index is 2.06. The molecule has 0 aliphatic carbocycles. The number of ether oxygens (including phenoxy) is 1. The van der Waals surface area contributed by atoms with Crippen LogP contribution in [0.15, 0.2) is 23.3 Å². The van der Waals surface area contributed by atoms with E-state index >= 15 is 0 Å². The van der Waals surface area contributed by atoms with Crippen LogP contribution in [-0.2, 0) is 16.1 Å². The van der Waals surface area contributed by atoms with Gasteiger partial charge in [-0.15, -0.1) is 0 Å². The van der Waals surface area contributed by atoms with Crippen molar-refractivity contribution in [1.82, 2.24) is 5.01 Å². The maximum absolute atomic E-state index is 13.5. The van der Waals surface area contributed by atoms with Gasteiger partial charge in [-0.3, -0.25) is 4.79 Å². The smallest absolute Gasteiger partial charge is 0.248 e. The fourth-order valence-corrected chi connectivity index (χ4v) is 1.82. The van der Waals surface area contributed by atoms with E-state index in [4.69, 9.17) is 4.74 Å². The van der Waals surface area contributed by atoms with Crippen molar-refractivity contribution in [2.75, 3.05) is 13.7 Å². The standard InChI is InChI=1S/C13H14F2N2O2/c1-19-5-4-11-7-13(18)17(16-11)8-9-2-3-10(14)6-12(9)15/h2-3,6H,4-5,7-8H2,1H3. The van der Waals surface area contributed by atoms with Crippen LogP contribution < -0.4 is 0 Å². The molecule has 0 saturated heterocycles. The number of carbonyl (C=O) groups is 1. The van der Waals surface area contributed by atoms with Crippen LogP contribution in [0.25, 0.3) is 0 Å². The van der Waals surface area contributed by atoms with Crippen LogP contribution in [0.1, 0.15) is 18.4 Å². The largest absolute Gasteiger partial charge is 0.384 e. The fourth-order valence-electron chi connectivity index (χ4n) is 1.82. The van der Waals surface area contributed by atoms with Gasteiger partial charge >= 0.3 is 0 Å². The van der Waals surface area contributed by atoms with E-state index in [2.05, 4.69) is 5.10 Å². The maximum atomic E-state index is 13.5. The van der Waals surface area contributed by atoms with Gasteiger partial charge in [0.1, 0.15) is 11.6 Å². The van der Waals surface area contributed by atoms with Crippen molar-refractivity contribution < 1.29 is 18.3 Å². The number of amides is 1. The molecule has 1 aliphatic heterocycles. The van der Waals surface area contributed by atoms with Gasteiger partial charge in [-0.25, -0.2) is 13.8 Å². The third kappa shape index (κ3) is 3.35. The minimum absolute atomic E-state index is 0.0153. The van der Waals surface area contributed by atoms with Crippen LogP contribution in [0.4, 0.5) is 8.78 Å². The minimum atomic E-state index is -0.673. The van der Waals surface area contributed by atoms with Crippen molar-refractivity contribution in [2.24, 2.45) is 5.10 Å². The summed E-state index contributed by atoms with van der Waals surface area (Å²) in [6.45, 7) is 0.506. The minimum Gasteiger partial charge on any atom is -0.384 e. The van der Waals surface area contributed by atoms with Gasteiger partial charge in [-0.05, 0) is 6.07 Å². The molecule has 0 spiro atoms. The Labute approximate surface area is 109 Å². The van der Waals surface area contributed by atoms with Crippen molar-refractivity contribution in [3.8, 4) is 0 Å². The average molecular weight is 268 g/mol. The predicted molar refractivity (Wildman–Crippen MR) is 65.5 cm³/mol. The van der Waals surface area contributed by atoms with E-state index in [0.29, 0.717) is 13.0 Å². The highest BCUT2D eigenvalue weighted by Crippen LogP contribution is 2.17. The number of hydrazone groups is 1. The lowest BCUT2D eigenvalue weighted by atomic mass is 10.2. The number of benzene rings is 1. The molecule has 102 valence electrons. The first-order valence-electron chi connectivity index (χ1n) is 5.89. The summed E-state index contributed by atoms with van der Waals surface area (Å²) < 4.78 is 31.2. The summed E-state index contributed by atoms with van der Waals surface area (Å²) in [6.07, 6.45) is 0.802. The Bertz CT molecular complexity index is 517. The number of hydrogen-bond acceptors (Lipinski definition) is 3. The lowest BCUT2D eigenvalue weighted by molar-refractivity contribution is -0.129. The highest BCUT2D eigenvalue weighted by molar-refractivity contribution is 6.04. The first kappa shape index (κ1) is 13.6. The Kier molecular flexibility index (Phi) is 4.21. The molecule has 1 aliphatic rings. The van der Waals surface area contributed by atoms with Crippen molar-refractivity contribution in [3.05, 3.63) is 35.4 Å². The number of methoxy groups -OCH3 is 1. The third-order valence-electron chi connectivity index (χ3n) is 2.84. The molecule has 0 N–H and O–H groups in total. The molecule has 19 heavy (non-hydrogen) atoms. The Morgan fingerprint density at radius 2 is 2.21 bits per heavy atom. The van der Waals surface area contributed by atoms with Gasteiger partial charge in [0.05, 0.1) is 25.3 Å². The second-order valence-electron chi connectivity index (χ2n) is 4.27. The summed E-state index contributed by atoms with van der Waals surface area (Å²) in [6, 6.07) is 3.28. The van der Waals surface area contributed by atoms with Crippen LogP contribution in [0.5, 0.6) is 0 Å². The topological polar surface area (TPSA) is 41.9 Å². The molecular weight excluding hydrogens is 254 g/mol. The van der Waals surface area contributed by atoms with Gasteiger partial charge in [0, 0.05) is 25.2 Å². The fraction of sp³-hybridized carbons (Fsp3) is 0.385. The van der Waals surface area contributed by atoms with E-state index in [1.807, 2.05) is 0 Å². The van der Waals surface area contributed by atoms with Crippen LogP contribution >= 0.6 is 0 Å². The van der Waals surface area contributed by atoms with E-state index in [1.54, 1.807) is 7.11 Å². The van der Waals surface area contributed by atoms with Crippen LogP contribution in [0.3, 0.4) is 0 Å². The Morgan fingerprint density at radius 3 is 2.89 bits per heavy atom. The summed E-state index contributed by atoms with van der Waals surface area (Å²) in [5.74, 6) is -1.50. The second-order valence-corrected chi connectivity index (χ2v) is 4.27.